The summed E-state index contributed by atoms with van der Waals surface area (Å²) >= 11 is 0. The van der Waals surface area contributed by atoms with Crippen molar-refractivity contribution in [2.24, 2.45) is 0 Å². The Morgan fingerprint density at radius 3 is 2.83 bits per heavy atom. The van der Waals surface area contributed by atoms with E-state index in [1.54, 1.807) is 7.11 Å². The van der Waals surface area contributed by atoms with Gasteiger partial charge in [-0.25, -0.2) is 9.97 Å². The predicted molar refractivity (Wildman–Crippen MR) is 91.5 cm³/mol. The molecule has 24 heavy (non-hydrogen) atoms. The summed E-state index contributed by atoms with van der Waals surface area (Å²) in [7, 11) is 1.57. The summed E-state index contributed by atoms with van der Waals surface area (Å²) in [6.07, 6.45) is 4.00. The lowest BCUT2D eigenvalue weighted by atomic mass is 9.91. The fourth-order valence-corrected chi connectivity index (χ4v) is 3.41. The van der Waals surface area contributed by atoms with Gasteiger partial charge in [0.1, 0.15) is 0 Å². The second-order valence-electron chi connectivity index (χ2n) is 6.16. The van der Waals surface area contributed by atoms with Gasteiger partial charge in [0.25, 0.3) is 0 Å². The van der Waals surface area contributed by atoms with Crippen LogP contribution < -0.4 is 4.74 Å². The van der Waals surface area contributed by atoms with Crippen molar-refractivity contribution in [3.63, 3.8) is 0 Å². The van der Waals surface area contributed by atoms with E-state index in [4.69, 9.17) is 4.74 Å². The van der Waals surface area contributed by atoms with Gasteiger partial charge >= 0.3 is 6.01 Å². The predicted octanol–water partition coefficient (Wildman–Crippen LogP) is 3.07. The van der Waals surface area contributed by atoms with Gasteiger partial charge in [0.2, 0.25) is 0 Å². The van der Waals surface area contributed by atoms with E-state index in [1.807, 2.05) is 43.5 Å². The van der Waals surface area contributed by atoms with E-state index in [0.717, 1.165) is 42.8 Å². The molecule has 5 heteroatoms. The van der Waals surface area contributed by atoms with E-state index in [1.165, 1.54) is 0 Å². The average molecular weight is 322 g/mol. The van der Waals surface area contributed by atoms with Gasteiger partial charge in [-0.05, 0) is 31.9 Å². The van der Waals surface area contributed by atoms with E-state index >= 15 is 0 Å². The molecule has 1 aromatic carbocycles. The third kappa shape index (κ3) is 3.39. The van der Waals surface area contributed by atoms with Crippen molar-refractivity contribution in [1.29, 1.82) is 5.26 Å². The zero-order chi connectivity index (χ0) is 16.9. The Balaban J connectivity index is 1.79. The number of methoxy groups -OCH3 is 1. The number of rotatable bonds is 5. The van der Waals surface area contributed by atoms with Crippen LogP contribution in [0.1, 0.15) is 35.6 Å². The van der Waals surface area contributed by atoms with Crippen LogP contribution in [0.15, 0.2) is 36.5 Å². The van der Waals surface area contributed by atoms with Crippen molar-refractivity contribution in [2.75, 3.05) is 13.7 Å². The number of ether oxygens (including phenoxy) is 1. The molecule has 3 rings (SSSR count). The molecule has 2 unspecified atom stereocenters. The molecule has 0 saturated carbocycles. The molecule has 0 amide bonds. The maximum Gasteiger partial charge on any atom is 0.316 e. The number of nitriles is 1. The molecule has 124 valence electrons. The highest BCUT2D eigenvalue weighted by atomic mass is 16.5. The highest BCUT2D eigenvalue weighted by molar-refractivity contribution is 5.28. The first-order chi connectivity index (χ1) is 11.7. The first-order valence-electron chi connectivity index (χ1n) is 8.28. The van der Waals surface area contributed by atoms with Gasteiger partial charge in [-0.3, -0.25) is 4.90 Å². The van der Waals surface area contributed by atoms with E-state index in [0.29, 0.717) is 6.01 Å². The van der Waals surface area contributed by atoms with Gasteiger partial charge in [0, 0.05) is 30.0 Å². The molecule has 1 aromatic heterocycles. The standard InChI is InChI=1S/C19H22N4O/c1-14-16(12-21-19(22-14)24-2)13-23-10-6-9-18(23)17(11-20)15-7-4-3-5-8-15/h3-5,7-8,12,17-18H,6,9-10,13H2,1-2H3. The van der Waals surface area contributed by atoms with Crippen LogP contribution in [-0.2, 0) is 6.54 Å². The third-order valence-electron chi connectivity index (χ3n) is 4.71. The zero-order valence-corrected chi connectivity index (χ0v) is 14.1. The van der Waals surface area contributed by atoms with Crippen LogP contribution in [0.4, 0.5) is 0 Å². The Hall–Kier alpha value is -2.45. The van der Waals surface area contributed by atoms with Crippen LogP contribution in [0.25, 0.3) is 0 Å². The van der Waals surface area contributed by atoms with Gasteiger partial charge in [0.05, 0.1) is 19.1 Å². The molecule has 2 aromatic rings. The first-order valence-corrected chi connectivity index (χ1v) is 8.28. The molecule has 0 bridgehead atoms. The quantitative estimate of drug-likeness (QED) is 0.846. The SMILES string of the molecule is COc1ncc(CN2CCCC2C(C#N)c2ccccc2)c(C)n1. The van der Waals surface area contributed by atoms with E-state index in [-0.39, 0.29) is 12.0 Å². The molecule has 0 aliphatic carbocycles. The number of hydrogen-bond donors (Lipinski definition) is 0. The third-order valence-corrected chi connectivity index (χ3v) is 4.71. The topological polar surface area (TPSA) is 62.0 Å². The lowest BCUT2D eigenvalue weighted by molar-refractivity contribution is 0.230. The highest BCUT2D eigenvalue weighted by Crippen LogP contribution is 2.32. The van der Waals surface area contributed by atoms with Crippen molar-refractivity contribution >= 4 is 0 Å². The largest absolute Gasteiger partial charge is 0.467 e. The molecular weight excluding hydrogens is 300 g/mol. The Morgan fingerprint density at radius 1 is 1.38 bits per heavy atom. The van der Waals surface area contributed by atoms with Crippen molar-refractivity contribution in [1.82, 2.24) is 14.9 Å². The molecule has 2 heterocycles. The minimum Gasteiger partial charge on any atom is -0.467 e. The fourth-order valence-electron chi connectivity index (χ4n) is 3.41. The molecule has 5 nitrogen and oxygen atoms in total. The van der Waals surface area contributed by atoms with E-state index in [9.17, 15) is 5.26 Å². The normalized spacial score (nSPS) is 19.0. The minimum absolute atomic E-state index is 0.104. The van der Waals surface area contributed by atoms with Gasteiger partial charge < -0.3 is 4.74 Å². The summed E-state index contributed by atoms with van der Waals surface area (Å²) in [5.41, 5.74) is 3.12. The Morgan fingerprint density at radius 2 is 2.17 bits per heavy atom. The number of aryl methyl sites for hydroxylation is 1. The maximum absolute atomic E-state index is 9.73. The summed E-state index contributed by atoms with van der Waals surface area (Å²) < 4.78 is 5.08. The second kappa shape index (κ2) is 7.41. The molecule has 1 aliphatic heterocycles. The summed E-state index contributed by atoms with van der Waals surface area (Å²) in [4.78, 5) is 11.0. The zero-order valence-electron chi connectivity index (χ0n) is 14.1. The van der Waals surface area contributed by atoms with Crippen LogP contribution in [0.5, 0.6) is 6.01 Å². The summed E-state index contributed by atoms with van der Waals surface area (Å²) in [6, 6.07) is 13.2. The second-order valence-corrected chi connectivity index (χ2v) is 6.16. The van der Waals surface area contributed by atoms with Gasteiger partial charge in [-0.15, -0.1) is 0 Å². The van der Waals surface area contributed by atoms with Crippen LogP contribution >= 0.6 is 0 Å². The lowest BCUT2D eigenvalue weighted by Crippen LogP contribution is -2.34. The van der Waals surface area contributed by atoms with Crippen molar-refractivity contribution < 1.29 is 4.74 Å². The van der Waals surface area contributed by atoms with Crippen molar-refractivity contribution in [2.45, 2.75) is 38.3 Å². The molecule has 0 N–H and O–H groups in total. The summed E-state index contributed by atoms with van der Waals surface area (Å²) in [6.45, 7) is 3.75. The van der Waals surface area contributed by atoms with Crippen LogP contribution in [0.3, 0.4) is 0 Å². The number of benzene rings is 1. The van der Waals surface area contributed by atoms with Crippen LogP contribution in [-0.4, -0.2) is 34.6 Å². The summed E-state index contributed by atoms with van der Waals surface area (Å²) in [5, 5.41) is 9.73. The molecular formula is C19H22N4O. The number of likely N-dealkylation sites (tertiary alicyclic amines) is 1. The van der Waals surface area contributed by atoms with Crippen molar-refractivity contribution in [3.8, 4) is 12.1 Å². The van der Waals surface area contributed by atoms with Gasteiger partial charge in [-0.1, -0.05) is 30.3 Å². The fraction of sp³-hybridized carbons (Fsp3) is 0.421. The Labute approximate surface area is 142 Å². The molecule has 0 spiro atoms. The minimum atomic E-state index is -0.104. The lowest BCUT2D eigenvalue weighted by Gasteiger charge is -2.28. The molecule has 1 saturated heterocycles. The van der Waals surface area contributed by atoms with Crippen molar-refractivity contribution in [3.05, 3.63) is 53.3 Å². The van der Waals surface area contributed by atoms with Crippen LogP contribution in [0.2, 0.25) is 0 Å². The Kier molecular flexibility index (Phi) is 5.07. The molecule has 2 atom stereocenters. The van der Waals surface area contributed by atoms with Crippen LogP contribution in [0, 0.1) is 18.3 Å². The maximum atomic E-state index is 9.73. The van der Waals surface area contributed by atoms with E-state index in [2.05, 4.69) is 20.9 Å². The molecule has 1 fully saturated rings. The number of hydrogen-bond acceptors (Lipinski definition) is 5. The van der Waals surface area contributed by atoms with Gasteiger partial charge in [-0.2, -0.15) is 5.26 Å². The molecule has 1 aliphatic rings. The average Bonchev–Trinajstić information content (AvgIpc) is 3.06. The first kappa shape index (κ1) is 16.4. The number of aromatic nitrogens is 2. The van der Waals surface area contributed by atoms with Gasteiger partial charge in [0.15, 0.2) is 0 Å². The number of nitrogens with zero attached hydrogens (tertiary/aromatic N) is 4. The summed E-state index contributed by atoms with van der Waals surface area (Å²) in [5.74, 6) is -0.104. The highest BCUT2D eigenvalue weighted by Gasteiger charge is 2.33. The van der Waals surface area contributed by atoms with E-state index < -0.39 is 0 Å². The monoisotopic (exact) mass is 322 g/mol. The molecule has 0 radical (unpaired) electrons. The Bertz CT molecular complexity index is 726. The smallest absolute Gasteiger partial charge is 0.316 e.